The van der Waals surface area contributed by atoms with Gasteiger partial charge in [-0.3, -0.25) is 4.90 Å². The Hall–Kier alpha value is -3.37. The van der Waals surface area contributed by atoms with Crippen molar-refractivity contribution >= 4 is 35.6 Å². The number of piperazine rings is 1. The summed E-state index contributed by atoms with van der Waals surface area (Å²) >= 11 is 0. The van der Waals surface area contributed by atoms with E-state index in [-0.39, 0.29) is 18.1 Å². The molecule has 192 valence electrons. The maximum absolute atomic E-state index is 13.4. The lowest BCUT2D eigenvalue weighted by atomic mass is 10.1. The molecule has 36 heavy (non-hydrogen) atoms. The highest BCUT2D eigenvalue weighted by Gasteiger charge is 2.34. The molecule has 2 N–H and O–H groups in total. The van der Waals surface area contributed by atoms with E-state index < -0.39 is 23.6 Å². The van der Waals surface area contributed by atoms with Crippen molar-refractivity contribution in [3.8, 4) is 0 Å². The second kappa shape index (κ2) is 11.6. The van der Waals surface area contributed by atoms with Gasteiger partial charge in [0.05, 0.1) is 5.56 Å². The van der Waals surface area contributed by atoms with Crippen LogP contribution in [-0.2, 0) is 12.7 Å². The van der Waals surface area contributed by atoms with Gasteiger partial charge in [-0.1, -0.05) is 12.1 Å². The van der Waals surface area contributed by atoms with Crippen LogP contribution in [-0.4, -0.2) is 42.1 Å². The first-order valence-electron chi connectivity index (χ1n) is 11.1. The molecular weight excluding hydrogens is 498 g/mol. The zero-order valence-electron chi connectivity index (χ0n) is 19.5. The predicted octanol–water partition coefficient (Wildman–Crippen LogP) is 5.94. The number of pyridine rings is 1. The molecule has 4 rings (SSSR count). The van der Waals surface area contributed by atoms with Crippen LogP contribution in [0.4, 0.5) is 39.5 Å². The van der Waals surface area contributed by atoms with Crippen LogP contribution in [0.5, 0.6) is 0 Å². The number of alkyl halides is 3. The van der Waals surface area contributed by atoms with Crippen molar-refractivity contribution in [1.29, 1.82) is 0 Å². The SMILES string of the molecule is Cc1cc(NC(=O)Nc2ccc(F)c(C(F)(F)F)c2)ccc1CN1CCN(c2ccccn2)CC1.Cl. The molecule has 6 nitrogen and oxygen atoms in total. The molecule has 0 aliphatic carbocycles. The van der Waals surface area contributed by atoms with Crippen molar-refractivity contribution in [2.75, 3.05) is 41.7 Å². The third kappa shape index (κ3) is 6.86. The molecule has 2 heterocycles. The second-order valence-corrected chi connectivity index (χ2v) is 8.36. The topological polar surface area (TPSA) is 60.5 Å². The Morgan fingerprint density at radius 1 is 0.972 bits per heavy atom. The minimum atomic E-state index is -4.85. The van der Waals surface area contributed by atoms with Gasteiger partial charge in [0.25, 0.3) is 0 Å². The Morgan fingerprint density at radius 3 is 2.25 bits per heavy atom. The number of nitrogens with one attached hydrogen (secondary N) is 2. The van der Waals surface area contributed by atoms with E-state index in [0.717, 1.165) is 55.7 Å². The van der Waals surface area contributed by atoms with E-state index in [1.165, 1.54) is 0 Å². The predicted molar refractivity (Wildman–Crippen MR) is 134 cm³/mol. The Bertz CT molecular complexity index is 1180. The minimum Gasteiger partial charge on any atom is -0.354 e. The number of aromatic nitrogens is 1. The van der Waals surface area contributed by atoms with Gasteiger partial charge < -0.3 is 15.5 Å². The number of hydrogen-bond acceptors (Lipinski definition) is 4. The number of anilines is 3. The molecule has 1 aromatic heterocycles. The van der Waals surface area contributed by atoms with Gasteiger partial charge in [0.1, 0.15) is 11.6 Å². The molecule has 1 aliphatic rings. The van der Waals surface area contributed by atoms with Gasteiger partial charge in [-0.25, -0.2) is 14.2 Å². The summed E-state index contributed by atoms with van der Waals surface area (Å²) in [4.78, 5) is 21.3. The van der Waals surface area contributed by atoms with E-state index in [0.29, 0.717) is 17.8 Å². The Balaban J connectivity index is 0.00000361. The molecule has 2 amide bonds. The molecule has 3 aromatic rings. The summed E-state index contributed by atoms with van der Waals surface area (Å²) in [5.41, 5.74) is 1.01. The molecule has 0 radical (unpaired) electrons. The van der Waals surface area contributed by atoms with E-state index >= 15 is 0 Å². The van der Waals surface area contributed by atoms with Crippen LogP contribution in [0.3, 0.4) is 0 Å². The molecule has 0 atom stereocenters. The van der Waals surface area contributed by atoms with E-state index in [1.807, 2.05) is 37.3 Å². The molecule has 0 spiro atoms. The van der Waals surface area contributed by atoms with Gasteiger partial charge in [0, 0.05) is 50.3 Å². The molecular formula is C25H26ClF4N5O. The standard InChI is InChI=1S/C25H25F4N5O.ClH/c1-17-14-19(31-24(35)32-20-7-8-22(26)21(15-20)25(27,28)29)6-5-18(17)16-33-10-12-34(13-11-33)23-4-2-3-9-30-23;/h2-9,14-15H,10-13,16H2,1H3,(H2,31,32,35);1H. The minimum absolute atomic E-state index is 0. The van der Waals surface area contributed by atoms with Crippen LogP contribution in [0, 0.1) is 12.7 Å². The number of benzene rings is 2. The van der Waals surface area contributed by atoms with E-state index in [1.54, 1.807) is 12.3 Å². The highest BCUT2D eigenvalue weighted by molar-refractivity contribution is 5.99. The first-order valence-corrected chi connectivity index (χ1v) is 11.1. The Morgan fingerprint density at radius 2 is 1.64 bits per heavy atom. The van der Waals surface area contributed by atoms with Gasteiger partial charge in [0.15, 0.2) is 0 Å². The first kappa shape index (κ1) is 27.2. The molecule has 1 aliphatic heterocycles. The van der Waals surface area contributed by atoms with E-state index in [2.05, 4.69) is 25.4 Å². The smallest absolute Gasteiger partial charge is 0.354 e. The summed E-state index contributed by atoms with van der Waals surface area (Å²) in [5.74, 6) is -0.417. The lowest BCUT2D eigenvalue weighted by Crippen LogP contribution is -2.46. The molecule has 1 fully saturated rings. The number of halogens is 5. The van der Waals surface area contributed by atoms with Crippen LogP contribution >= 0.6 is 12.4 Å². The zero-order valence-corrected chi connectivity index (χ0v) is 20.3. The third-order valence-corrected chi connectivity index (χ3v) is 5.87. The van der Waals surface area contributed by atoms with Crippen LogP contribution in [0.2, 0.25) is 0 Å². The Labute approximate surface area is 212 Å². The Kier molecular flexibility index (Phi) is 8.75. The summed E-state index contributed by atoms with van der Waals surface area (Å²) in [5, 5.41) is 4.92. The maximum atomic E-state index is 13.4. The summed E-state index contributed by atoms with van der Waals surface area (Å²) in [6.45, 7) is 6.28. The number of aryl methyl sites for hydroxylation is 1. The summed E-state index contributed by atoms with van der Waals surface area (Å²) < 4.78 is 52.1. The number of rotatable bonds is 5. The van der Waals surface area contributed by atoms with Crippen LogP contribution < -0.4 is 15.5 Å². The van der Waals surface area contributed by atoms with Crippen molar-refractivity contribution in [2.24, 2.45) is 0 Å². The number of nitrogens with zero attached hydrogens (tertiary/aromatic N) is 3. The molecule has 0 bridgehead atoms. The van der Waals surface area contributed by atoms with Gasteiger partial charge in [-0.15, -0.1) is 12.4 Å². The average molecular weight is 524 g/mol. The number of hydrogen-bond donors (Lipinski definition) is 2. The fourth-order valence-electron chi connectivity index (χ4n) is 3.98. The third-order valence-electron chi connectivity index (χ3n) is 5.87. The highest BCUT2D eigenvalue weighted by Crippen LogP contribution is 2.33. The molecule has 1 saturated heterocycles. The fraction of sp³-hybridized carbons (Fsp3) is 0.280. The summed E-state index contributed by atoms with van der Waals surface area (Å²) in [6, 6.07) is 13.0. The van der Waals surface area contributed by atoms with Gasteiger partial charge in [0.2, 0.25) is 0 Å². The van der Waals surface area contributed by atoms with Crippen molar-refractivity contribution in [2.45, 2.75) is 19.6 Å². The van der Waals surface area contributed by atoms with Crippen LogP contribution in [0.15, 0.2) is 60.8 Å². The number of carbonyl (C=O) groups excluding carboxylic acids is 1. The molecule has 0 unspecified atom stereocenters. The van der Waals surface area contributed by atoms with E-state index in [4.69, 9.17) is 0 Å². The normalized spacial score (nSPS) is 14.2. The van der Waals surface area contributed by atoms with Gasteiger partial charge in [-0.05, 0) is 60.5 Å². The van der Waals surface area contributed by atoms with Crippen molar-refractivity contribution in [3.63, 3.8) is 0 Å². The van der Waals surface area contributed by atoms with Crippen LogP contribution in [0.1, 0.15) is 16.7 Å². The second-order valence-electron chi connectivity index (χ2n) is 8.36. The van der Waals surface area contributed by atoms with Crippen molar-refractivity contribution < 1.29 is 22.4 Å². The lowest BCUT2D eigenvalue weighted by molar-refractivity contribution is -0.139. The van der Waals surface area contributed by atoms with Crippen molar-refractivity contribution in [3.05, 3.63) is 83.3 Å². The van der Waals surface area contributed by atoms with Gasteiger partial charge in [-0.2, -0.15) is 13.2 Å². The largest absolute Gasteiger partial charge is 0.419 e. The van der Waals surface area contributed by atoms with Gasteiger partial charge >= 0.3 is 12.2 Å². The lowest BCUT2D eigenvalue weighted by Gasteiger charge is -2.35. The monoisotopic (exact) mass is 523 g/mol. The number of amides is 2. The zero-order chi connectivity index (χ0) is 25.0. The average Bonchev–Trinajstić information content (AvgIpc) is 2.82. The molecule has 0 saturated carbocycles. The number of urea groups is 1. The van der Waals surface area contributed by atoms with Crippen molar-refractivity contribution in [1.82, 2.24) is 9.88 Å². The van der Waals surface area contributed by atoms with E-state index in [9.17, 15) is 22.4 Å². The highest BCUT2D eigenvalue weighted by atomic mass is 35.5. The maximum Gasteiger partial charge on any atom is 0.419 e. The quantitative estimate of drug-likeness (QED) is 0.407. The molecule has 11 heteroatoms. The molecule has 2 aromatic carbocycles. The fourth-order valence-corrected chi connectivity index (χ4v) is 3.98. The summed E-state index contributed by atoms with van der Waals surface area (Å²) in [7, 11) is 0. The summed E-state index contributed by atoms with van der Waals surface area (Å²) in [6.07, 6.45) is -3.06. The van der Waals surface area contributed by atoms with Crippen LogP contribution in [0.25, 0.3) is 0 Å². The first-order chi connectivity index (χ1) is 16.7. The number of carbonyl (C=O) groups is 1.